The van der Waals surface area contributed by atoms with Crippen molar-refractivity contribution in [1.82, 2.24) is 5.43 Å². The summed E-state index contributed by atoms with van der Waals surface area (Å²) in [6.45, 7) is 0. The summed E-state index contributed by atoms with van der Waals surface area (Å²) in [5, 5.41) is 0.500. The zero-order chi connectivity index (χ0) is 13.0. The Balaban J connectivity index is 2.26. The van der Waals surface area contributed by atoms with Crippen molar-refractivity contribution in [2.24, 2.45) is 5.84 Å². The Kier molecular flexibility index (Phi) is 4.31. The number of hydrogen-bond donors (Lipinski definition) is 2. The van der Waals surface area contributed by atoms with Crippen LogP contribution < -0.4 is 11.3 Å². The van der Waals surface area contributed by atoms with Gasteiger partial charge in [0.15, 0.2) is 0 Å². The average Bonchev–Trinajstić information content (AvgIpc) is 2.40. The molecule has 0 aliphatic carbocycles. The molecule has 1 atom stereocenters. The number of benzene rings is 2. The number of rotatable bonds is 4. The van der Waals surface area contributed by atoms with Crippen LogP contribution in [-0.2, 0) is 6.42 Å². The van der Waals surface area contributed by atoms with Crippen molar-refractivity contribution in [1.29, 1.82) is 0 Å². The monoisotopic (exact) mass is 264 g/mol. The van der Waals surface area contributed by atoms with Gasteiger partial charge in [-0.15, -0.1) is 0 Å². The highest BCUT2D eigenvalue weighted by Gasteiger charge is 2.15. The molecule has 2 rings (SSSR count). The predicted octanol–water partition coefficient (Wildman–Crippen LogP) is 3.23. The molecule has 0 bridgehead atoms. The molecule has 18 heavy (non-hydrogen) atoms. The van der Waals surface area contributed by atoms with E-state index in [1.54, 1.807) is 6.07 Å². The summed E-state index contributed by atoms with van der Waals surface area (Å²) in [7, 11) is 0. The SMILES string of the molecule is NNC(Cc1ccccc1)c1cc(Cl)ccc1F. The van der Waals surface area contributed by atoms with Crippen LogP contribution in [0.3, 0.4) is 0 Å². The molecule has 94 valence electrons. The van der Waals surface area contributed by atoms with E-state index in [0.29, 0.717) is 17.0 Å². The Morgan fingerprint density at radius 1 is 1.17 bits per heavy atom. The quantitative estimate of drug-likeness (QED) is 0.657. The fourth-order valence-electron chi connectivity index (χ4n) is 1.89. The van der Waals surface area contributed by atoms with Gasteiger partial charge < -0.3 is 0 Å². The van der Waals surface area contributed by atoms with Gasteiger partial charge in [-0.05, 0) is 30.2 Å². The first-order valence-electron chi connectivity index (χ1n) is 5.65. The van der Waals surface area contributed by atoms with Crippen LogP contribution in [0.25, 0.3) is 0 Å². The van der Waals surface area contributed by atoms with E-state index < -0.39 is 0 Å². The minimum Gasteiger partial charge on any atom is -0.271 e. The smallest absolute Gasteiger partial charge is 0.128 e. The maximum absolute atomic E-state index is 13.8. The zero-order valence-electron chi connectivity index (χ0n) is 9.74. The first kappa shape index (κ1) is 13.0. The van der Waals surface area contributed by atoms with Crippen LogP contribution >= 0.6 is 11.6 Å². The second-order valence-electron chi connectivity index (χ2n) is 4.07. The molecular weight excluding hydrogens is 251 g/mol. The third-order valence-corrected chi connectivity index (χ3v) is 3.05. The minimum atomic E-state index is -0.307. The van der Waals surface area contributed by atoms with Crippen LogP contribution in [0.4, 0.5) is 4.39 Å². The summed E-state index contributed by atoms with van der Waals surface area (Å²) in [5.74, 6) is 5.20. The van der Waals surface area contributed by atoms with Crippen molar-refractivity contribution in [3.05, 3.63) is 70.5 Å². The van der Waals surface area contributed by atoms with Crippen LogP contribution in [-0.4, -0.2) is 0 Å². The molecule has 0 fully saturated rings. The second-order valence-corrected chi connectivity index (χ2v) is 4.51. The highest BCUT2D eigenvalue weighted by atomic mass is 35.5. The Morgan fingerprint density at radius 2 is 1.89 bits per heavy atom. The maximum atomic E-state index is 13.8. The molecular formula is C14H14ClFN2. The first-order valence-corrected chi connectivity index (χ1v) is 6.03. The third-order valence-electron chi connectivity index (χ3n) is 2.82. The van der Waals surface area contributed by atoms with Crippen LogP contribution in [0.1, 0.15) is 17.2 Å². The molecule has 0 heterocycles. The molecule has 0 radical (unpaired) electrons. The van der Waals surface area contributed by atoms with Gasteiger partial charge >= 0.3 is 0 Å². The highest BCUT2D eigenvalue weighted by molar-refractivity contribution is 6.30. The Hall–Kier alpha value is -1.42. The van der Waals surface area contributed by atoms with E-state index in [-0.39, 0.29) is 11.9 Å². The molecule has 0 saturated heterocycles. The molecule has 1 unspecified atom stereocenters. The Labute approximate surface area is 111 Å². The summed E-state index contributed by atoms with van der Waals surface area (Å²) in [6.07, 6.45) is 0.606. The van der Waals surface area contributed by atoms with E-state index >= 15 is 0 Å². The van der Waals surface area contributed by atoms with Crippen molar-refractivity contribution in [2.75, 3.05) is 0 Å². The van der Waals surface area contributed by atoms with Crippen molar-refractivity contribution >= 4 is 11.6 Å². The summed E-state index contributed by atoms with van der Waals surface area (Å²) >= 11 is 5.89. The van der Waals surface area contributed by atoms with Gasteiger partial charge in [-0.2, -0.15) is 0 Å². The van der Waals surface area contributed by atoms with Crippen molar-refractivity contribution in [3.63, 3.8) is 0 Å². The molecule has 0 aromatic heterocycles. The van der Waals surface area contributed by atoms with Crippen molar-refractivity contribution in [2.45, 2.75) is 12.5 Å². The number of hydrogen-bond acceptors (Lipinski definition) is 2. The predicted molar refractivity (Wildman–Crippen MR) is 71.6 cm³/mol. The lowest BCUT2D eigenvalue weighted by atomic mass is 9.99. The summed E-state index contributed by atoms with van der Waals surface area (Å²) in [6, 6.07) is 14.0. The molecule has 0 spiro atoms. The molecule has 0 amide bonds. The van der Waals surface area contributed by atoms with Gasteiger partial charge in [-0.3, -0.25) is 11.3 Å². The van der Waals surface area contributed by atoms with Gasteiger partial charge in [-0.25, -0.2) is 4.39 Å². The van der Waals surface area contributed by atoms with Gasteiger partial charge in [-0.1, -0.05) is 41.9 Å². The van der Waals surface area contributed by atoms with E-state index in [0.717, 1.165) is 5.56 Å². The number of nitrogens with one attached hydrogen (secondary N) is 1. The number of nitrogens with two attached hydrogens (primary N) is 1. The van der Waals surface area contributed by atoms with Gasteiger partial charge in [0.25, 0.3) is 0 Å². The maximum Gasteiger partial charge on any atom is 0.128 e. The molecule has 4 heteroatoms. The first-order chi connectivity index (χ1) is 8.70. The summed E-state index contributed by atoms with van der Waals surface area (Å²) in [4.78, 5) is 0. The molecule has 0 aliphatic rings. The summed E-state index contributed by atoms with van der Waals surface area (Å²) < 4.78 is 13.8. The standard InChI is InChI=1S/C14H14ClFN2/c15-11-6-7-13(16)12(9-11)14(18-17)8-10-4-2-1-3-5-10/h1-7,9,14,18H,8,17H2. The second kappa shape index (κ2) is 5.96. The van der Waals surface area contributed by atoms with E-state index in [1.807, 2.05) is 30.3 Å². The lowest BCUT2D eigenvalue weighted by Gasteiger charge is -2.17. The normalized spacial score (nSPS) is 12.4. The third kappa shape index (κ3) is 3.07. The van der Waals surface area contributed by atoms with Crippen LogP contribution in [0.15, 0.2) is 48.5 Å². The fraction of sp³-hybridized carbons (Fsp3) is 0.143. The van der Waals surface area contributed by atoms with Gasteiger partial charge in [0.1, 0.15) is 5.82 Å². The molecule has 2 aromatic rings. The number of hydrazine groups is 1. The van der Waals surface area contributed by atoms with Gasteiger partial charge in [0.2, 0.25) is 0 Å². The largest absolute Gasteiger partial charge is 0.271 e. The van der Waals surface area contributed by atoms with Crippen molar-refractivity contribution < 1.29 is 4.39 Å². The average molecular weight is 265 g/mol. The molecule has 2 aromatic carbocycles. The van der Waals surface area contributed by atoms with Crippen molar-refractivity contribution in [3.8, 4) is 0 Å². The van der Waals surface area contributed by atoms with E-state index in [4.69, 9.17) is 17.4 Å². The number of halogens is 2. The van der Waals surface area contributed by atoms with Gasteiger partial charge in [0.05, 0.1) is 6.04 Å². The molecule has 0 aliphatic heterocycles. The highest BCUT2D eigenvalue weighted by Crippen LogP contribution is 2.23. The van der Waals surface area contributed by atoms with Gasteiger partial charge in [0, 0.05) is 10.6 Å². The van der Waals surface area contributed by atoms with Crippen LogP contribution in [0.2, 0.25) is 5.02 Å². The zero-order valence-corrected chi connectivity index (χ0v) is 10.5. The molecule has 3 N–H and O–H groups in total. The lowest BCUT2D eigenvalue weighted by Crippen LogP contribution is -2.30. The van der Waals surface area contributed by atoms with Crippen LogP contribution in [0.5, 0.6) is 0 Å². The van der Waals surface area contributed by atoms with E-state index in [1.165, 1.54) is 12.1 Å². The Bertz CT molecular complexity index is 516. The van der Waals surface area contributed by atoms with Crippen LogP contribution in [0, 0.1) is 5.82 Å². The summed E-state index contributed by atoms with van der Waals surface area (Å²) in [5.41, 5.74) is 4.20. The topological polar surface area (TPSA) is 38.0 Å². The fourth-order valence-corrected chi connectivity index (χ4v) is 2.07. The molecule has 0 saturated carbocycles. The van der Waals surface area contributed by atoms with E-state index in [2.05, 4.69) is 5.43 Å². The minimum absolute atomic E-state index is 0.300. The Morgan fingerprint density at radius 3 is 2.56 bits per heavy atom. The van der Waals surface area contributed by atoms with E-state index in [9.17, 15) is 4.39 Å². The lowest BCUT2D eigenvalue weighted by molar-refractivity contribution is 0.510. The molecule has 2 nitrogen and oxygen atoms in total.